The van der Waals surface area contributed by atoms with Crippen LogP contribution in [0.4, 0.5) is 5.69 Å². The van der Waals surface area contributed by atoms with Crippen molar-refractivity contribution in [1.82, 2.24) is 14.5 Å². The molecule has 25 heavy (non-hydrogen) atoms. The topological polar surface area (TPSA) is 41.4 Å². The van der Waals surface area contributed by atoms with Gasteiger partial charge in [-0.1, -0.05) is 18.2 Å². The van der Waals surface area contributed by atoms with E-state index in [0.29, 0.717) is 11.7 Å². The van der Waals surface area contributed by atoms with Crippen LogP contribution >= 0.6 is 0 Å². The van der Waals surface area contributed by atoms with Crippen molar-refractivity contribution in [3.8, 4) is 0 Å². The van der Waals surface area contributed by atoms with Crippen LogP contribution in [0.25, 0.3) is 0 Å². The first-order valence-electron chi connectivity index (χ1n) is 9.49. The van der Waals surface area contributed by atoms with Gasteiger partial charge in [0.15, 0.2) is 0 Å². The number of carbonyl (C=O) groups excluding carboxylic acids is 1. The van der Waals surface area contributed by atoms with Gasteiger partial charge in [-0.2, -0.15) is 0 Å². The predicted octanol–water partition coefficient (Wildman–Crippen LogP) is 2.84. The van der Waals surface area contributed by atoms with Gasteiger partial charge in [-0.15, -0.1) is 0 Å². The van der Waals surface area contributed by atoms with Crippen LogP contribution in [-0.4, -0.2) is 39.5 Å². The summed E-state index contributed by atoms with van der Waals surface area (Å²) in [6.07, 6.45) is 7.72. The SMILES string of the molecule is O=C(c1cn2c(n1)CCCC2)N1CC2CCCN2Cc2ccccc21. The maximum absolute atomic E-state index is 13.4. The molecule has 1 atom stereocenters. The zero-order valence-electron chi connectivity index (χ0n) is 14.5. The molecule has 0 saturated carbocycles. The summed E-state index contributed by atoms with van der Waals surface area (Å²) in [4.78, 5) is 22.5. The van der Waals surface area contributed by atoms with E-state index in [0.717, 1.165) is 44.1 Å². The Morgan fingerprint density at radius 3 is 2.96 bits per heavy atom. The number of amides is 1. The highest BCUT2D eigenvalue weighted by molar-refractivity contribution is 6.05. The summed E-state index contributed by atoms with van der Waals surface area (Å²) >= 11 is 0. The van der Waals surface area contributed by atoms with Crippen molar-refractivity contribution in [2.45, 2.75) is 51.2 Å². The molecular weight excluding hydrogens is 312 g/mol. The normalized spacial score (nSPS) is 22.9. The molecule has 1 fully saturated rings. The lowest BCUT2D eigenvalue weighted by atomic mass is 10.1. The molecule has 0 N–H and O–H groups in total. The zero-order valence-corrected chi connectivity index (χ0v) is 14.5. The van der Waals surface area contributed by atoms with E-state index in [1.165, 1.54) is 31.2 Å². The van der Waals surface area contributed by atoms with Crippen molar-refractivity contribution in [2.75, 3.05) is 18.0 Å². The molecule has 130 valence electrons. The number of rotatable bonds is 1. The second-order valence-corrected chi connectivity index (χ2v) is 7.50. The van der Waals surface area contributed by atoms with Crippen molar-refractivity contribution >= 4 is 11.6 Å². The summed E-state index contributed by atoms with van der Waals surface area (Å²) in [5.74, 6) is 1.13. The molecule has 0 bridgehead atoms. The number of nitrogens with zero attached hydrogens (tertiary/aromatic N) is 4. The molecule has 4 heterocycles. The van der Waals surface area contributed by atoms with E-state index in [9.17, 15) is 4.79 Å². The first-order chi connectivity index (χ1) is 12.3. The minimum absolute atomic E-state index is 0.0584. The fourth-order valence-corrected chi connectivity index (χ4v) is 4.59. The van der Waals surface area contributed by atoms with E-state index in [4.69, 9.17) is 0 Å². The molecule has 1 unspecified atom stereocenters. The highest BCUT2D eigenvalue weighted by atomic mass is 16.2. The highest BCUT2D eigenvalue weighted by Crippen LogP contribution is 2.32. The van der Waals surface area contributed by atoms with E-state index < -0.39 is 0 Å². The lowest BCUT2D eigenvalue weighted by Crippen LogP contribution is -2.40. The van der Waals surface area contributed by atoms with E-state index in [2.05, 4.69) is 32.7 Å². The van der Waals surface area contributed by atoms with Gasteiger partial charge in [0.05, 0.1) is 0 Å². The Hall–Kier alpha value is -2.14. The van der Waals surface area contributed by atoms with E-state index in [1.807, 2.05) is 17.2 Å². The van der Waals surface area contributed by atoms with E-state index in [1.54, 1.807) is 0 Å². The Morgan fingerprint density at radius 1 is 1.12 bits per heavy atom. The number of aryl methyl sites for hydroxylation is 2. The van der Waals surface area contributed by atoms with Crippen LogP contribution in [0.1, 0.15) is 47.6 Å². The quantitative estimate of drug-likeness (QED) is 0.804. The predicted molar refractivity (Wildman–Crippen MR) is 96.7 cm³/mol. The molecular formula is C20H24N4O. The number of para-hydroxylation sites is 1. The third-order valence-electron chi connectivity index (χ3n) is 5.92. The smallest absolute Gasteiger partial charge is 0.278 e. The fraction of sp³-hybridized carbons (Fsp3) is 0.500. The van der Waals surface area contributed by atoms with Gasteiger partial charge in [0.25, 0.3) is 5.91 Å². The summed E-state index contributed by atoms with van der Waals surface area (Å²) < 4.78 is 2.17. The number of fused-ring (bicyclic) bond motifs is 3. The number of anilines is 1. The Morgan fingerprint density at radius 2 is 2.04 bits per heavy atom. The minimum atomic E-state index is 0.0584. The van der Waals surface area contributed by atoms with Crippen molar-refractivity contribution in [3.63, 3.8) is 0 Å². The lowest BCUT2D eigenvalue weighted by Gasteiger charge is -2.25. The average molecular weight is 336 g/mol. The first kappa shape index (κ1) is 15.1. The van der Waals surface area contributed by atoms with Gasteiger partial charge in [0.2, 0.25) is 0 Å². The van der Waals surface area contributed by atoms with Crippen LogP contribution in [0.3, 0.4) is 0 Å². The molecule has 1 aromatic heterocycles. The molecule has 1 aromatic carbocycles. The Bertz CT molecular complexity index is 788. The monoisotopic (exact) mass is 336 g/mol. The van der Waals surface area contributed by atoms with Crippen molar-refractivity contribution in [1.29, 1.82) is 0 Å². The van der Waals surface area contributed by atoms with Crippen molar-refractivity contribution < 1.29 is 4.79 Å². The number of aromatic nitrogens is 2. The second kappa shape index (κ2) is 5.99. The molecule has 3 aliphatic rings. The van der Waals surface area contributed by atoms with Crippen LogP contribution in [0.5, 0.6) is 0 Å². The number of hydrogen-bond donors (Lipinski definition) is 0. The molecule has 0 spiro atoms. The van der Waals surface area contributed by atoms with Crippen LogP contribution < -0.4 is 4.90 Å². The van der Waals surface area contributed by atoms with Gasteiger partial charge in [-0.3, -0.25) is 9.69 Å². The van der Waals surface area contributed by atoms with Crippen LogP contribution in [0.15, 0.2) is 30.5 Å². The summed E-state index contributed by atoms with van der Waals surface area (Å²) in [5.41, 5.74) is 2.93. The summed E-state index contributed by atoms with van der Waals surface area (Å²) in [6.45, 7) is 3.85. The molecule has 5 heteroatoms. The van der Waals surface area contributed by atoms with E-state index >= 15 is 0 Å². The van der Waals surface area contributed by atoms with Gasteiger partial charge in [0, 0.05) is 44.0 Å². The van der Waals surface area contributed by atoms with Gasteiger partial charge >= 0.3 is 0 Å². The van der Waals surface area contributed by atoms with Crippen LogP contribution in [-0.2, 0) is 19.5 Å². The first-order valence-corrected chi connectivity index (χ1v) is 9.49. The van der Waals surface area contributed by atoms with Gasteiger partial charge in [-0.05, 0) is 43.9 Å². The standard InChI is InChI=1S/C20H24N4O/c25-20(17-14-23-10-4-3-9-19(23)21-17)24-13-16-7-5-11-22(16)12-15-6-1-2-8-18(15)24/h1-2,6,8,14,16H,3-5,7,9-13H2. The van der Waals surface area contributed by atoms with Gasteiger partial charge < -0.3 is 9.47 Å². The maximum Gasteiger partial charge on any atom is 0.278 e. The number of carbonyl (C=O) groups is 1. The Kier molecular flexibility index (Phi) is 3.63. The summed E-state index contributed by atoms with van der Waals surface area (Å²) in [7, 11) is 0. The highest BCUT2D eigenvalue weighted by Gasteiger charge is 2.34. The molecule has 2 aromatic rings. The molecule has 0 radical (unpaired) electrons. The Labute approximate surface area is 148 Å². The number of imidazole rings is 1. The average Bonchev–Trinajstić information content (AvgIpc) is 3.23. The van der Waals surface area contributed by atoms with Crippen molar-refractivity contribution in [3.05, 3.63) is 47.5 Å². The molecule has 5 nitrogen and oxygen atoms in total. The summed E-state index contributed by atoms with van der Waals surface area (Å²) in [6, 6.07) is 8.83. The zero-order chi connectivity index (χ0) is 16.8. The summed E-state index contributed by atoms with van der Waals surface area (Å²) in [5, 5.41) is 0. The van der Waals surface area contributed by atoms with E-state index in [-0.39, 0.29) is 5.91 Å². The second-order valence-electron chi connectivity index (χ2n) is 7.50. The van der Waals surface area contributed by atoms with Crippen molar-refractivity contribution in [2.24, 2.45) is 0 Å². The maximum atomic E-state index is 13.4. The third-order valence-corrected chi connectivity index (χ3v) is 5.92. The van der Waals surface area contributed by atoms with Gasteiger partial charge in [0.1, 0.15) is 11.5 Å². The molecule has 1 amide bonds. The number of hydrogen-bond acceptors (Lipinski definition) is 3. The molecule has 0 aliphatic carbocycles. The van der Waals surface area contributed by atoms with Crippen LogP contribution in [0.2, 0.25) is 0 Å². The minimum Gasteiger partial charge on any atom is -0.334 e. The largest absolute Gasteiger partial charge is 0.334 e. The number of benzene rings is 1. The molecule has 5 rings (SSSR count). The molecule has 3 aliphatic heterocycles. The molecule has 1 saturated heterocycles. The van der Waals surface area contributed by atoms with Gasteiger partial charge in [-0.25, -0.2) is 4.98 Å². The van der Waals surface area contributed by atoms with Crippen LogP contribution in [0, 0.1) is 0 Å². The fourth-order valence-electron chi connectivity index (χ4n) is 4.59. The Balaban J connectivity index is 1.52. The third kappa shape index (κ3) is 2.58. The lowest BCUT2D eigenvalue weighted by molar-refractivity contribution is 0.0976.